The molecular formula is C13H23N2P. The van der Waals surface area contributed by atoms with Crippen LogP contribution in [0.15, 0.2) is 0 Å². The molecule has 0 atom stereocenters. The first-order valence-electron chi connectivity index (χ1n) is 6.75. The summed E-state index contributed by atoms with van der Waals surface area (Å²) in [6.45, 7) is 2.18. The Morgan fingerprint density at radius 3 is 2.06 bits per heavy atom. The maximum Gasteiger partial charge on any atom is 0.129 e. The zero-order chi connectivity index (χ0) is 11.2. The lowest BCUT2D eigenvalue weighted by Crippen LogP contribution is -2.03. The van der Waals surface area contributed by atoms with Crippen LogP contribution in [0, 0.1) is 6.92 Å². The molecule has 3 heteroatoms. The van der Waals surface area contributed by atoms with E-state index < -0.39 is 0 Å². The Hall–Kier alpha value is -0.360. The van der Waals surface area contributed by atoms with E-state index >= 15 is 0 Å². The van der Waals surface area contributed by atoms with Gasteiger partial charge in [0.1, 0.15) is 8.51 Å². The summed E-state index contributed by atoms with van der Waals surface area (Å²) in [5, 5.41) is 0. The molecule has 0 saturated heterocycles. The van der Waals surface area contributed by atoms with E-state index in [9.17, 15) is 0 Å². The van der Waals surface area contributed by atoms with Gasteiger partial charge >= 0.3 is 0 Å². The molecule has 1 heterocycles. The van der Waals surface area contributed by atoms with E-state index in [1.165, 1.54) is 69.2 Å². The molecule has 0 bridgehead atoms. The maximum absolute atomic E-state index is 4.61. The van der Waals surface area contributed by atoms with Crippen LogP contribution >= 0.6 is 8.51 Å². The molecule has 2 nitrogen and oxygen atoms in total. The van der Waals surface area contributed by atoms with E-state index in [1.54, 1.807) is 0 Å². The molecule has 1 N–H and O–H groups in total. The first kappa shape index (κ1) is 12.1. The largest absolute Gasteiger partial charge is 0.325 e. The highest BCUT2D eigenvalue weighted by Crippen LogP contribution is 2.31. The quantitative estimate of drug-likeness (QED) is 0.740. The first-order valence-corrected chi connectivity index (χ1v) is 7.60. The van der Waals surface area contributed by atoms with Crippen LogP contribution in [0.25, 0.3) is 0 Å². The number of nitrogens with one attached hydrogen (secondary N) is 1. The molecule has 0 unspecified atom stereocenters. The summed E-state index contributed by atoms with van der Waals surface area (Å²) in [4.78, 5) is 0. The van der Waals surface area contributed by atoms with Crippen molar-refractivity contribution >= 4 is 8.51 Å². The zero-order valence-corrected chi connectivity index (χ0v) is 11.2. The van der Waals surface area contributed by atoms with Gasteiger partial charge in [-0.2, -0.15) is 0 Å². The van der Waals surface area contributed by atoms with Crippen molar-refractivity contribution in [1.29, 1.82) is 0 Å². The molecule has 1 aromatic rings. The number of hydrogen-bond donors (Lipinski definition) is 1. The highest BCUT2D eigenvalue weighted by Gasteiger charge is 2.16. The van der Waals surface area contributed by atoms with Crippen LogP contribution in [0.1, 0.15) is 75.1 Å². The summed E-state index contributed by atoms with van der Waals surface area (Å²) in [7, 11) is 1.05. The third kappa shape index (κ3) is 3.31. The monoisotopic (exact) mass is 238 g/mol. The van der Waals surface area contributed by atoms with Crippen LogP contribution in [0.5, 0.6) is 0 Å². The Balaban J connectivity index is 1.97. The molecule has 0 aliphatic heterocycles. The first-order chi connectivity index (χ1) is 7.88. The summed E-state index contributed by atoms with van der Waals surface area (Å²) in [6, 6.07) is 0. The Labute approximate surface area is 100 Å². The lowest BCUT2D eigenvalue weighted by Gasteiger charge is -2.17. The summed E-state index contributed by atoms with van der Waals surface area (Å²) in [5.41, 5.74) is 2.70. The second kappa shape index (κ2) is 6.39. The van der Waals surface area contributed by atoms with Gasteiger partial charge in [0.05, 0.1) is 5.69 Å². The second-order valence-electron chi connectivity index (χ2n) is 5.07. The molecule has 1 aliphatic carbocycles. The average molecular weight is 238 g/mol. The van der Waals surface area contributed by atoms with E-state index in [0.717, 1.165) is 14.4 Å². The SMILES string of the molecule is Cc1[nH]pnc1C1CCCCCCCCC1. The maximum atomic E-state index is 4.61. The summed E-state index contributed by atoms with van der Waals surface area (Å²) in [6.07, 6.45) is 12.7. The number of H-pyrrole nitrogens is 1. The molecule has 0 amide bonds. The fourth-order valence-electron chi connectivity index (χ4n) is 2.76. The van der Waals surface area contributed by atoms with Crippen LogP contribution in [-0.4, -0.2) is 9.49 Å². The van der Waals surface area contributed by atoms with Gasteiger partial charge in [-0.05, 0) is 19.8 Å². The number of hydrogen-bond acceptors (Lipinski definition) is 1. The lowest BCUT2D eigenvalue weighted by molar-refractivity contribution is 0.457. The van der Waals surface area contributed by atoms with Crippen molar-refractivity contribution in [3.8, 4) is 0 Å². The van der Waals surface area contributed by atoms with Gasteiger partial charge in [-0.1, -0.05) is 44.9 Å². The van der Waals surface area contributed by atoms with Crippen molar-refractivity contribution in [2.24, 2.45) is 0 Å². The molecule has 0 spiro atoms. The summed E-state index contributed by atoms with van der Waals surface area (Å²) >= 11 is 0. The smallest absolute Gasteiger partial charge is 0.129 e. The highest BCUT2D eigenvalue weighted by molar-refractivity contribution is 7.20. The van der Waals surface area contributed by atoms with E-state index in [2.05, 4.69) is 16.4 Å². The molecule has 1 saturated carbocycles. The van der Waals surface area contributed by atoms with Gasteiger partial charge in [0.15, 0.2) is 0 Å². The molecule has 16 heavy (non-hydrogen) atoms. The van der Waals surface area contributed by atoms with E-state index in [0.29, 0.717) is 0 Å². The van der Waals surface area contributed by atoms with Gasteiger partial charge in [0.25, 0.3) is 0 Å². The predicted octanol–water partition coefficient (Wildman–Crippen LogP) is 4.91. The van der Waals surface area contributed by atoms with Crippen molar-refractivity contribution in [3.05, 3.63) is 11.4 Å². The van der Waals surface area contributed by atoms with Crippen LogP contribution < -0.4 is 0 Å². The molecular weight excluding hydrogens is 215 g/mol. The fourth-order valence-corrected chi connectivity index (χ4v) is 3.49. The van der Waals surface area contributed by atoms with Gasteiger partial charge in [0.2, 0.25) is 0 Å². The van der Waals surface area contributed by atoms with Crippen molar-refractivity contribution in [3.63, 3.8) is 0 Å². The predicted molar refractivity (Wildman–Crippen MR) is 70.1 cm³/mol. The van der Waals surface area contributed by atoms with Gasteiger partial charge < -0.3 is 4.75 Å². The standard InChI is InChI=1S/C13H23N2P/c1-11-13(15-16-14-11)12-9-7-5-3-2-4-6-8-10-12/h12H,2-10H2,1H3,(H,14,15). The topological polar surface area (TPSA) is 28.7 Å². The Kier molecular flexibility index (Phi) is 4.84. The number of aromatic amines is 1. The molecule has 1 aromatic heterocycles. The average Bonchev–Trinajstić information content (AvgIpc) is 2.72. The minimum absolute atomic E-state index is 0.737. The minimum Gasteiger partial charge on any atom is -0.325 e. The van der Waals surface area contributed by atoms with Crippen LogP contribution in [-0.2, 0) is 0 Å². The van der Waals surface area contributed by atoms with Crippen LogP contribution in [0.3, 0.4) is 0 Å². The molecule has 1 aliphatic rings. The number of nitrogens with zero attached hydrogens (tertiary/aromatic N) is 1. The van der Waals surface area contributed by atoms with Crippen molar-refractivity contribution in [2.45, 2.75) is 70.6 Å². The normalized spacial score (nSPS) is 21.3. The van der Waals surface area contributed by atoms with Gasteiger partial charge in [0, 0.05) is 11.6 Å². The number of rotatable bonds is 1. The third-order valence-electron chi connectivity index (χ3n) is 3.75. The van der Waals surface area contributed by atoms with Crippen molar-refractivity contribution < 1.29 is 0 Å². The van der Waals surface area contributed by atoms with Crippen LogP contribution in [0.4, 0.5) is 0 Å². The molecule has 2 rings (SSSR count). The molecule has 1 fully saturated rings. The van der Waals surface area contributed by atoms with E-state index in [4.69, 9.17) is 0 Å². The Morgan fingerprint density at radius 2 is 1.56 bits per heavy atom. The Morgan fingerprint density at radius 1 is 1.00 bits per heavy atom. The van der Waals surface area contributed by atoms with E-state index in [1.807, 2.05) is 0 Å². The molecule has 0 aromatic carbocycles. The highest BCUT2D eigenvalue weighted by atomic mass is 31.1. The summed E-state index contributed by atoms with van der Waals surface area (Å²) < 4.78 is 7.92. The number of aromatic nitrogens is 2. The molecule has 0 radical (unpaired) electrons. The lowest BCUT2D eigenvalue weighted by atomic mass is 9.89. The molecule has 90 valence electrons. The fraction of sp³-hybridized carbons (Fsp3) is 0.846. The Bertz CT molecular complexity index is 299. The third-order valence-corrected chi connectivity index (χ3v) is 4.50. The number of aryl methyl sites for hydroxylation is 1. The summed E-state index contributed by atoms with van der Waals surface area (Å²) in [5.74, 6) is 0.737. The van der Waals surface area contributed by atoms with Crippen molar-refractivity contribution in [1.82, 2.24) is 9.49 Å². The van der Waals surface area contributed by atoms with Crippen LogP contribution in [0.2, 0.25) is 0 Å². The van der Waals surface area contributed by atoms with Gasteiger partial charge in [-0.25, -0.2) is 4.75 Å². The van der Waals surface area contributed by atoms with Crippen molar-refractivity contribution in [2.75, 3.05) is 0 Å². The van der Waals surface area contributed by atoms with Gasteiger partial charge in [-0.15, -0.1) is 0 Å². The van der Waals surface area contributed by atoms with Gasteiger partial charge in [-0.3, -0.25) is 0 Å². The van der Waals surface area contributed by atoms with E-state index in [-0.39, 0.29) is 0 Å². The minimum atomic E-state index is 0.737. The zero-order valence-electron chi connectivity index (χ0n) is 10.3. The second-order valence-corrected chi connectivity index (χ2v) is 5.69.